The summed E-state index contributed by atoms with van der Waals surface area (Å²) in [5, 5.41) is 4.22. The lowest BCUT2D eigenvalue weighted by Crippen LogP contribution is -2.51. The van der Waals surface area contributed by atoms with Gasteiger partial charge in [0.2, 0.25) is 0 Å². The molecule has 3 heteroatoms. The fourth-order valence-corrected chi connectivity index (χ4v) is 6.45. The van der Waals surface area contributed by atoms with E-state index in [1.165, 1.54) is 44.9 Å². The third-order valence-corrected chi connectivity index (χ3v) is 6.56. The summed E-state index contributed by atoms with van der Waals surface area (Å²) in [7, 11) is 0. The van der Waals surface area contributed by atoms with Gasteiger partial charge >= 0.3 is 0 Å². The number of hydrogen-bond donors (Lipinski definition) is 0. The third kappa shape index (κ3) is 2.35. The van der Waals surface area contributed by atoms with Crippen molar-refractivity contribution < 1.29 is 0 Å². The molecule has 4 aliphatic carbocycles. The first-order valence-electron chi connectivity index (χ1n) is 8.75. The molecule has 112 valence electrons. The van der Waals surface area contributed by atoms with Gasteiger partial charge in [0, 0.05) is 11.0 Å². The van der Waals surface area contributed by atoms with Crippen molar-refractivity contribution in [1.29, 1.82) is 0 Å². The van der Waals surface area contributed by atoms with Crippen molar-refractivity contribution >= 4 is 0 Å². The highest BCUT2D eigenvalue weighted by molar-refractivity contribution is 5.05. The van der Waals surface area contributed by atoms with Crippen LogP contribution in [-0.2, 0) is 0 Å². The highest BCUT2D eigenvalue weighted by Crippen LogP contribution is 2.64. The highest BCUT2D eigenvalue weighted by Gasteiger charge is 2.54. The summed E-state index contributed by atoms with van der Waals surface area (Å²) in [6, 6.07) is 0.242. The molecule has 0 spiro atoms. The Bertz CT molecular complexity index is 362. The number of rotatable bonds is 6. The molecule has 2 unspecified atom stereocenters. The quantitative estimate of drug-likeness (QED) is 0.339. The second-order valence-electron chi connectivity index (χ2n) is 7.86. The van der Waals surface area contributed by atoms with Gasteiger partial charge in [-0.25, -0.2) is 0 Å². The van der Waals surface area contributed by atoms with Crippen LogP contribution in [0.25, 0.3) is 10.4 Å². The van der Waals surface area contributed by atoms with Gasteiger partial charge in [-0.2, -0.15) is 0 Å². The Morgan fingerprint density at radius 3 is 2.05 bits per heavy atom. The topological polar surface area (TPSA) is 48.8 Å². The van der Waals surface area contributed by atoms with Crippen LogP contribution in [0, 0.1) is 29.1 Å². The fourth-order valence-electron chi connectivity index (χ4n) is 6.45. The Balaban J connectivity index is 1.85. The van der Waals surface area contributed by atoms with Gasteiger partial charge in [-0.15, -0.1) is 0 Å². The van der Waals surface area contributed by atoms with E-state index in [4.69, 9.17) is 5.53 Å². The number of hydrogen-bond acceptors (Lipinski definition) is 1. The molecule has 0 aromatic heterocycles. The molecule has 3 nitrogen and oxygen atoms in total. The largest absolute Gasteiger partial charge is 0.0903 e. The van der Waals surface area contributed by atoms with Crippen molar-refractivity contribution in [3.63, 3.8) is 0 Å². The monoisotopic (exact) mass is 275 g/mol. The van der Waals surface area contributed by atoms with E-state index in [9.17, 15) is 0 Å². The van der Waals surface area contributed by atoms with Gasteiger partial charge in [-0.1, -0.05) is 31.8 Å². The Morgan fingerprint density at radius 2 is 1.65 bits per heavy atom. The maximum absolute atomic E-state index is 8.95. The molecule has 0 aromatic carbocycles. The van der Waals surface area contributed by atoms with Crippen molar-refractivity contribution in [3.05, 3.63) is 10.4 Å². The molecule has 0 N–H and O–H groups in total. The fraction of sp³-hybridized carbons (Fsp3) is 1.00. The van der Waals surface area contributed by atoms with Gasteiger partial charge in [0.05, 0.1) is 0 Å². The zero-order valence-corrected chi connectivity index (χ0v) is 13.1. The van der Waals surface area contributed by atoms with E-state index >= 15 is 0 Å². The molecule has 4 saturated carbocycles. The van der Waals surface area contributed by atoms with E-state index in [0.717, 1.165) is 30.6 Å². The van der Waals surface area contributed by atoms with Crippen molar-refractivity contribution in [2.45, 2.75) is 77.7 Å². The van der Waals surface area contributed by atoms with Crippen LogP contribution >= 0.6 is 0 Å². The minimum atomic E-state index is 0.242. The van der Waals surface area contributed by atoms with Crippen LogP contribution in [-0.4, -0.2) is 6.04 Å². The van der Waals surface area contributed by atoms with Crippen LogP contribution in [0.2, 0.25) is 0 Å². The maximum atomic E-state index is 8.95. The normalized spacial score (nSPS) is 41.2. The van der Waals surface area contributed by atoms with Crippen LogP contribution < -0.4 is 0 Å². The average Bonchev–Trinajstić information content (AvgIpc) is 2.38. The van der Waals surface area contributed by atoms with E-state index in [1.54, 1.807) is 0 Å². The molecule has 0 radical (unpaired) electrons. The zero-order chi connectivity index (χ0) is 14.2. The summed E-state index contributed by atoms with van der Waals surface area (Å²) in [6.45, 7) is 4.53. The highest BCUT2D eigenvalue weighted by atomic mass is 15.2. The van der Waals surface area contributed by atoms with Crippen LogP contribution in [0.5, 0.6) is 0 Å². The molecule has 2 atom stereocenters. The molecule has 4 rings (SSSR count). The van der Waals surface area contributed by atoms with E-state index in [1.807, 2.05) is 0 Å². The number of nitrogens with zero attached hydrogens (tertiary/aromatic N) is 3. The Morgan fingerprint density at radius 1 is 1.10 bits per heavy atom. The molecule has 0 heterocycles. The first-order chi connectivity index (χ1) is 9.70. The molecule has 20 heavy (non-hydrogen) atoms. The van der Waals surface area contributed by atoms with Crippen LogP contribution in [0.1, 0.15) is 71.6 Å². The van der Waals surface area contributed by atoms with Gasteiger partial charge < -0.3 is 0 Å². The molecule has 0 saturated heterocycles. The average molecular weight is 275 g/mol. The Labute approximate surface area is 123 Å². The molecule has 0 amide bonds. The molecular formula is C17H29N3. The van der Waals surface area contributed by atoms with Gasteiger partial charge in [-0.3, -0.25) is 0 Å². The van der Waals surface area contributed by atoms with Crippen molar-refractivity contribution in [2.24, 2.45) is 34.2 Å². The summed E-state index contributed by atoms with van der Waals surface area (Å²) >= 11 is 0. The lowest BCUT2D eigenvalue weighted by atomic mass is 9.45. The van der Waals surface area contributed by atoms with Gasteiger partial charge in [0.1, 0.15) is 0 Å². The molecular weight excluding hydrogens is 246 g/mol. The summed E-state index contributed by atoms with van der Waals surface area (Å²) in [5.74, 6) is 3.60. The Kier molecular flexibility index (Phi) is 3.99. The Hall–Kier alpha value is -0.690. The predicted octanol–water partition coefficient (Wildman–Crippen LogP) is 5.71. The second kappa shape index (κ2) is 5.60. The van der Waals surface area contributed by atoms with Crippen molar-refractivity contribution in [3.8, 4) is 0 Å². The minimum Gasteiger partial charge on any atom is -0.0903 e. The summed E-state index contributed by atoms with van der Waals surface area (Å²) in [6.07, 6.45) is 12.2. The summed E-state index contributed by atoms with van der Waals surface area (Å²) < 4.78 is 0. The molecule has 4 aliphatic rings. The van der Waals surface area contributed by atoms with E-state index in [0.29, 0.717) is 11.3 Å². The molecule has 4 bridgehead atoms. The van der Waals surface area contributed by atoms with E-state index in [-0.39, 0.29) is 6.04 Å². The predicted molar refractivity (Wildman–Crippen MR) is 82.2 cm³/mol. The first kappa shape index (κ1) is 14.3. The van der Waals surface area contributed by atoms with Crippen LogP contribution in [0.3, 0.4) is 0 Å². The first-order valence-corrected chi connectivity index (χ1v) is 8.75. The van der Waals surface area contributed by atoms with Crippen molar-refractivity contribution in [1.82, 2.24) is 0 Å². The van der Waals surface area contributed by atoms with Gasteiger partial charge in [0.25, 0.3) is 0 Å². The minimum absolute atomic E-state index is 0.242. The van der Waals surface area contributed by atoms with Crippen molar-refractivity contribution in [2.75, 3.05) is 0 Å². The maximum Gasteiger partial charge on any atom is 0.0407 e. The summed E-state index contributed by atoms with van der Waals surface area (Å²) in [4.78, 5) is 3.18. The zero-order valence-electron chi connectivity index (χ0n) is 13.1. The summed E-state index contributed by atoms with van der Waals surface area (Å²) in [5.41, 5.74) is 9.47. The van der Waals surface area contributed by atoms with Crippen LogP contribution in [0.15, 0.2) is 5.11 Å². The number of azide groups is 1. The second-order valence-corrected chi connectivity index (χ2v) is 7.86. The lowest BCUT2D eigenvalue weighted by Gasteiger charge is -2.60. The molecule has 0 aliphatic heterocycles. The molecule has 4 fully saturated rings. The van der Waals surface area contributed by atoms with Gasteiger partial charge in [-0.05, 0) is 79.6 Å². The van der Waals surface area contributed by atoms with E-state index < -0.39 is 0 Å². The SMILES string of the molecule is CCCC(N=[N+]=[N-])C(CC)C12CC3CC(CC(C3)C1)C2. The van der Waals surface area contributed by atoms with Crippen LogP contribution in [0.4, 0.5) is 0 Å². The molecule has 0 aromatic rings. The lowest BCUT2D eigenvalue weighted by molar-refractivity contribution is -0.0942. The smallest absolute Gasteiger partial charge is 0.0407 e. The third-order valence-electron chi connectivity index (χ3n) is 6.56. The van der Waals surface area contributed by atoms with E-state index in [2.05, 4.69) is 23.9 Å². The standard InChI is InChI=1S/C17H29N3/c1-3-5-16(19-20-18)15(4-2)17-9-12-6-13(10-17)8-14(7-12)11-17/h12-16H,3-11H2,1-2H3. The van der Waals surface area contributed by atoms with Gasteiger partial charge in [0.15, 0.2) is 0 Å².